The van der Waals surface area contributed by atoms with E-state index in [-0.39, 0.29) is 11.9 Å². The molecule has 8 heteroatoms. The maximum atomic E-state index is 13.4. The van der Waals surface area contributed by atoms with Crippen molar-refractivity contribution in [3.05, 3.63) is 95.4 Å². The summed E-state index contributed by atoms with van der Waals surface area (Å²) in [5.74, 6) is 1.49. The summed E-state index contributed by atoms with van der Waals surface area (Å²) in [5, 5.41) is 9.42. The highest BCUT2D eigenvalue weighted by Crippen LogP contribution is 2.29. The van der Waals surface area contributed by atoms with E-state index in [2.05, 4.69) is 15.4 Å². The molecule has 5 aromatic rings. The minimum Gasteiger partial charge on any atom is -0.497 e. The van der Waals surface area contributed by atoms with E-state index in [4.69, 9.17) is 9.47 Å². The SMILES string of the molecule is CCOc1ccc(/C=C(/C(=O)Nc2nc3scc(-c4cccc(OC)c4)n3n2)c2ccccc2)cc1. The van der Waals surface area contributed by atoms with Gasteiger partial charge in [-0.05, 0) is 48.4 Å². The summed E-state index contributed by atoms with van der Waals surface area (Å²) in [5.41, 5.74) is 4.00. The van der Waals surface area contributed by atoms with Crippen molar-refractivity contribution in [1.29, 1.82) is 0 Å². The average Bonchev–Trinajstić information content (AvgIpc) is 3.49. The molecule has 0 aliphatic heterocycles. The second-order valence-electron chi connectivity index (χ2n) is 7.86. The van der Waals surface area contributed by atoms with Crippen LogP contribution in [0, 0.1) is 0 Å². The number of anilines is 1. The molecule has 0 bridgehead atoms. The molecule has 0 radical (unpaired) electrons. The van der Waals surface area contributed by atoms with Gasteiger partial charge in [0.25, 0.3) is 11.9 Å². The Bertz CT molecular complexity index is 1520. The van der Waals surface area contributed by atoms with E-state index in [1.54, 1.807) is 11.6 Å². The minimum absolute atomic E-state index is 0.240. The predicted molar refractivity (Wildman–Crippen MR) is 143 cm³/mol. The number of thiazole rings is 1. The Morgan fingerprint density at radius 2 is 1.83 bits per heavy atom. The molecular weight excluding hydrogens is 472 g/mol. The van der Waals surface area contributed by atoms with Crippen LogP contribution in [0.4, 0.5) is 5.95 Å². The number of hydrogen-bond acceptors (Lipinski definition) is 6. The van der Waals surface area contributed by atoms with Crippen molar-refractivity contribution >= 4 is 39.8 Å². The zero-order valence-electron chi connectivity index (χ0n) is 19.8. The Hall–Kier alpha value is -4.43. The number of benzene rings is 3. The lowest BCUT2D eigenvalue weighted by atomic mass is 10.0. The number of rotatable bonds is 8. The molecule has 0 unspecified atom stereocenters. The van der Waals surface area contributed by atoms with Crippen molar-refractivity contribution < 1.29 is 14.3 Å². The summed E-state index contributed by atoms with van der Waals surface area (Å²) < 4.78 is 12.6. The smallest absolute Gasteiger partial charge is 0.258 e. The molecule has 0 atom stereocenters. The molecule has 2 heterocycles. The van der Waals surface area contributed by atoms with E-state index in [0.29, 0.717) is 17.1 Å². The van der Waals surface area contributed by atoms with Crippen LogP contribution in [0.3, 0.4) is 0 Å². The number of ether oxygens (including phenoxy) is 2. The van der Waals surface area contributed by atoms with Crippen molar-refractivity contribution in [3.63, 3.8) is 0 Å². The number of nitrogens with one attached hydrogen (secondary N) is 1. The van der Waals surface area contributed by atoms with Gasteiger partial charge in [-0.25, -0.2) is 4.52 Å². The number of carbonyl (C=O) groups excluding carboxylic acids is 1. The molecule has 2 aromatic heterocycles. The largest absolute Gasteiger partial charge is 0.497 e. The van der Waals surface area contributed by atoms with Crippen LogP contribution in [0.25, 0.3) is 27.9 Å². The average molecular weight is 497 g/mol. The summed E-state index contributed by atoms with van der Waals surface area (Å²) in [4.78, 5) is 18.6. The Balaban J connectivity index is 1.45. The quantitative estimate of drug-likeness (QED) is 0.209. The number of carbonyl (C=O) groups is 1. The molecule has 36 heavy (non-hydrogen) atoms. The fourth-order valence-corrected chi connectivity index (χ4v) is 4.61. The van der Waals surface area contributed by atoms with Gasteiger partial charge in [-0.1, -0.05) is 54.6 Å². The number of hydrogen-bond donors (Lipinski definition) is 1. The molecule has 0 aliphatic carbocycles. The first-order valence-corrected chi connectivity index (χ1v) is 12.3. The van der Waals surface area contributed by atoms with Crippen LogP contribution in [0.1, 0.15) is 18.1 Å². The Kier molecular flexibility index (Phi) is 6.77. The molecule has 180 valence electrons. The van der Waals surface area contributed by atoms with Gasteiger partial charge in [-0.3, -0.25) is 10.1 Å². The van der Waals surface area contributed by atoms with Gasteiger partial charge in [0, 0.05) is 16.5 Å². The molecule has 0 saturated heterocycles. The van der Waals surface area contributed by atoms with Crippen LogP contribution >= 0.6 is 11.3 Å². The summed E-state index contributed by atoms with van der Waals surface area (Å²) in [6, 6.07) is 24.9. The van der Waals surface area contributed by atoms with Crippen molar-refractivity contribution in [2.24, 2.45) is 0 Å². The number of amides is 1. The Morgan fingerprint density at radius 3 is 2.58 bits per heavy atom. The molecule has 0 aliphatic rings. The molecule has 0 saturated carbocycles. The number of methoxy groups -OCH3 is 1. The van der Waals surface area contributed by atoms with Crippen molar-refractivity contribution in [2.75, 3.05) is 19.0 Å². The maximum absolute atomic E-state index is 13.4. The molecular formula is C28H24N4O3S. The topological polar surface area (TPSA) is 77.8 Å². The first-order chi connectivity index (χ1) is 17.6. The van der Waals surface area contributed by atoms with E-state index in [1.165, 1.54) is 11.3 Å². The summed E-state index contributed by atoms with van der Waals surface area (Å²) >= 11 is 1.45. The van der Waals surface area contributed by atoms with E-state index in [9.17, 15) is 4.79 Å². The summed E-state index contributed by atoms with van der Waals surface area (Å²) in [6.45, 7) is 2.54. The van der Waals surface area contributed by atoms with Crippen molar-refractivity contribution in [3.8, 4) is 22.8 Å². The zero-order chi connectivity index (χ0) is 24.9. The third-order valence-electron chi connectivity index (χ3n) is 5.50. The molecule has 7 nitrogen and oxygen atoms in total. The van der Waals surface area contributed by atoms with E-state index in [1.807, 2.05) is 97.2 Å². The summed E-state index contributed by atoms with van der Waals surface area (Å²) in [6.07, 6.45) is 1.85. The van der Waals surface area contributed by atoms with E-state index >= 15 is 0 Å². The highest BCUT2D eigenvalue weighted by atomic mass is 32.1. The molecule has 1 amide bonds. The Labute approximate surface area is 212 Å². The van der Waals surface area contributed by atoms with Gasteiger partial charge >= 0.3 is 0 Å². The number of aromatic nitrogens is 3. The lowest BCUT2D eigenvalue weighted by molar-refractivity contribution is -0.111. The van der Waals surface area contributed by atoms with Crippen LogP contribution < -0.4 is 14.8 Å². The van der Waals surface area contributed by atoms with Gasteiger partial charge in [-0.2, -0.15) is 4.98 Å². The van der Waals surface area contributed by atoms with Crippen LogP contribution in [0.2, 0.25) is 0 Å². The fraction of sp³-hybridized carbons (Fsp3) is 0.107. The van der Waals surface area contributed by atoms with E-state index < -0.39 is 0 Å². The molecule has 0 fully saturated rings. The molecule has 5 rings (SSSR count). The monoisotopic (exact) mass is 496 g/mol. The van der Waals surface area contributed by atoms with Gasteiger partial charge in [0.2, 0.25) is 4.96 Å². The number of fused-ring (bicyclic) bond motifs is 1. The van der Waals surface area contributed by atoms with Gasteiger partial charge in [-0.15, -0.1) is 16.4 Å². The first-order valence-electron chi connectivity index (χ1n) is 11.4. The fourth-order valence-electron chi connectivity index (χ4n) is 3.78. The highest BCUT2D eigenvalue weighted by Gasteiger charge is 2.17. The zero-order valence-corrected chi connectivity index (χ0v) is 20.7. The minimum atomic E-state index is -0.295. The van der Waals surface area contributed by atoms with E-state index in [0.717, 1.165) is 33.9 Å². The van der Waals surface area contributed by atoms with Gasteiger partial charge in [0.05, 0.1) is 19.4 Å². The lowest BCUT2D eigenvalue weighted by Gasteiger charge is -2.08. The molecule has 3 aromatic carbocycles. The lowest BCUT2D eigenvalue weighted by Crippen LogP contribution is -2.15. The van der Waals surface area contributed by atoms with Crippen molar-refractivity contribution in [2.45, 2.75) is 6.92 Å². The van der Waals surface area contributed by atoms with Crippen LogP contribution in [-0.2, 0) is 4.79 Å². The number of nitrogens with zero attached hydrogens (tertiary/aromatic N) is 3. The van der Waals surface area contributed by atoms with Crippen LogP contribution in [0.5, 0.6) is 11.5 Å². The predicted octanol–water partition coefficient (Wildman–Crippen LogP) is 6.04. The highest BCUT2D eigenvalue weighted by molar-refractivity contribution is 7.15. The third-order valence-corrected chi connectivity index (χ3v) is 6.32. The van der Waals surface area contributed by atoms with Crippen LogP contribution in [-0.4, -0.2) is 34.2 Å². The van der Waals surface area contributed by atoms with Gasteiger partial charge < -0.3 is 9.47 Å². The third kappa shape index (κ3) is 4.99. The molecule has 0 spiro atoms. The second kappa shape index (κ2) is 10.5. The molecule has 1 N–H and O–H groups in total. The summed E-state index contributed by atoms with van der Waals surface area (Å²) in [7, 11) is 1.64. The van der Waals surface area contributed by atoms with Gasteiger partial charge in [0.1, 0.15) is 11.5 Å². The second-order valence-corrected chi connectivity index (χ2v) is 8.70. The van der Waals surface area contributed by atoms with Crippen LogP contribution in [0.15, 0.2) is 84.2 Å². The standard InChI is InChI=1S/C28H24N4O3S/c1-3-35-22-14-12-19(13-15-22)16-24(20-8-5-4-6-9-20)26(33)29-27-30-28-32(31-27)25(18-36-28)21-10-7-11-23(17-21)34-2/h4-18H,3H2,1-2H3,(H,29,31,33)/b24-16+. The van der Waals surface area contributed by atoms with Crippen molar-refractivity contribution in [1.82, 2.24) is 14.6 Å². The first kappa shape index (κ1) is 23.3. The normalized spacial score (nSPS) is 11.4. The maximum Gasteiger partial charge on any atom is 0.258 e. The van der Waals surface area contributed by atoms with Gasteiger partial charge in [0.15, 0.2) is 0 Å². The Morgan fingerprint density at radius 1 is 1.03 bits per heavy atom.